The molecule has 7 heteroatoms. The molecule has 214 valence electrons. The number of nitrogens with zero attached hydrogens (tertiary/aromatic N) is 1. The highest BCUT2D eigenvalue weighted by Crippen LogP contribution is 2.43. The minimum absolute atomic E-state index is 0.0199. The summed E-state index contributed by atoms with van der Waals surface area (Å²) in [5.74, 6) is -1.39. The molecule has 4 aromatic rings. The lowest BCUT2D eigenvalue weighted by atomic mass is 9.80. The number of carbonyl (C=O) groups is 3. The Morgan fingerprint density at radius 1 is 0.786 bits per heavy atom. The Kier molecular flexibility index (Phi) is 8.50. The zero-order valence-corrected chi connectivity index (χ0v) is 23.6. The molecule has 1 heterocycles. The van der Waals surface area contributed by atoms with Crippen molar-refractivity contribution in [2.75, 3.05) is 13.7 Å². The normalized spacial score (nSPS) is 18.5. The predicted molar refractivity (Wildman–Crippen MR) is 157 cm³/mol. The van der Waals surface area contributed by atoms with E-state index in [0.29, 0.717) is 0 Å². The fraction of sp³-hybridized carbons (Fsp3) is 0.229. The van der Waals surface area contributed by atoms with Crippen LogP contribution in [-0.4, -0.2) is 42.6 Å². The standard InChI is InChI=1S/C35H33NO6/c1-34(32(38)40-2)23-30(36(31(34)37)33(39)41-24-26-15-7-3-8-16-26)25-42-35(27-17-9-4-10-18-27,28-19-11-5-12-20-28)29-21-13-6-14-22-29/h3-22,30H,23-25H2,1-2H3/t30-,34-/m0/s1. The molecule has 1 saturated heterocycles. The van der Waals surface area contributed by atoms with Gasteiger partial charge in [0.2, 0.25) is 5.91 Å². The molecule has 7 nitrogen and oxygen atoms in total. The topological polar surface area (TPSA) is 82.1 Å². The summed E-state index contributed by atoms with van der Waals surface area (Å²) >= 11 is 0. The Morgan fingerprint density at radius 2 is 1.24 bits per heavy atom. The highest BCUT2D eigenvalue weighted by molar-refractivity contribution is 6.09. The van der Waals surface area contributed by atoms with Crippen LogP contribution < -0.4 is 0 Å². The summed E-state index contributed by atoms with van der Waals surface area (Å²) in [4.78, 5) is 41.0. The Balaban J connectivity index is 1.53. The second kappa shape index (κ2) is 12.4. The molecule has 2 amide bonds. The van der Waals surface area contributed by atoms with Gasteiger partial charge in [-0.25, -0.2) is 9.69 Å². The molecule has 0 unspecified atom stereocenters. The highest BCUT2D eigenvalue weighted by Gasteiger charge is 2.57. The SMILES string of the molecule is COC(=O)[C@@]1(C)C[C@@H](COC(c2ccccc2)(c2ccccc2)c2ccccc2)N(C(=O)OCc2ccccc2)C1=O. The van der Waals surface area contributed by atoms with Crippen molar-refractivity contribution in [1.29, 1.82) is 0 Å². The van der Waals surface area contributed by atoms with Crippen LogP contribution in [0, 0.1) is 5.41 Å². The summed E-state index contributed by atoms with van der Waals surface area (Å²) in [5, 5.41) is 0. The molecule has 0 N–H and O–H groups in total. The molecule has 1 aliphatic heterocycles. The van der Waals surface area contributed by atoms with E-state index in [1.165, 1.54) is 14.0 Å². The molecule has 1 aliphatic rings. The molecule has 1 fully saturated rings. The third-order valence-corrected chi connectivity index (χ3v) is 7.77. The number of benzene rings is 4. The van der Waals surface area contributed by atoms with Crippen molar-refractivity contribution >= 4 is 18.0 Å². The van der Waals surface area contributed by atoms with Crippen molar-refractivity contribution in [2.45, 2.75) is 31.6 Å². The van der Waals surface area contributed by atoms with E-state index >= 15 is 0 Å². The summed E-state index contributed by atoms with van der Waals surface area (Å²) in [6, 6.07) is 37.8. The molecular weight excluding hydrogens is 530 g/mol. The maximum absolute atomic E-state index is 13.7. The van der Waals surface area contributed by atoms with Crippen molar-refractivity contribution in [3.8, 4) is 0 Å². The van der Waals surface area contributed by atoms with Gasteiger partial charge in [-0.15, -0.1) is 0 Å². The van der Waals surface area contributed by atoms with Crippen LogP contribution in [0.1, 0.15) is 35.6 Å². The van der Waals surface area contributed by atoms with Gasteiger partial charge in [0.15, 0.2) is 0 Å². The Labute approximate surface area is 245 Å². The fourth-order valence-electron chi connectivity index (χ4n) is 5.62. The summed E-state index contributed by atoms with van der Waals surface area (Å²) in [5.41, 5.74) is 0.763. The zero-order valence-electron chi connectivity index (χ0n) is 23.6. The smallest absolute Gasteiger partial charge is 0.417 e. The number of hydrogen-bond acceptors (Lipinski definition) is 6. The second-order valence-corrected chi connectivity index (χ2v) is 10.5. The van der Waals surface area contributed by atoms with Gasteiger partial charge in [0.1, 0.15) is 17.6 Å². The maximum atomic E-state index is 13.7. The molecule has 0 saturated carbocycles. The van der Waals surface area contributed by atoms with Crippen LogP contribution in [-0.2, 0) is 36.0 Å². The Hall–Kier alpha value is -4.75. The van der Waals surface area contributed by atoms with Gasteiger partial charge in [0.05, 0.1) is 19.8 Å². The highest BCUT2D eigenvalue weighted by atomic mass is 16.6. The van der Waals surface area contributed by atoms with Crippen molar-refractivity contribution < 1.29 is 28.6 Å². The second-order valence-electron chi connectivity index (χ2n) is 10.5. The third-order valence-electron chi connectivity index (χ3n) is 7.77. The van der Waals surface area contributed by atoms with Crippen molar-refractivity contribution in [1.82, 2.24) is 4.90 Å². The number of ether oxygens (including phenoxy) is 3. The van der Waals surface area contributed by atoms with Crippen LogP contribution in [0.4, 0.5) is 4.79 Å². The Bertz CT molecular complexity index is 1410. The lowest BCUT2D eigenvalue weighted by molar-refractivity contribution is -0.157. The monoisotopic (exact) mass is 563 g/mol. The van der Waals surface area contributed by atoms with E-state index < -0.39 is 35.0 Å². The van der Waals surface area contributed by atoms with Crippen molar-refractivity contribution in [3.63, 3.8) is 0 Å². The summed E-state index contributed by atoms with van der Waals surface area (Å²) in [6.45, 7) is 1.42. The molecule has 0 bridgehead atoms. The van der Waals surface area contributed by atoms with Crippen LogP contribution in [0.3, 0.4) is 0 Å². The molecule has 5 rings (SSSR count). The largest absolute Gasteiger partial charge is 0.468 e. The quantitative estimate of drug-likeness (QED) is 0.139. The first-order chi connectivity index (χ1) is 20.4. The van der Waals surface area contributed by atoms with Gasteiger partial charge in [-0.1, -0.05) is 121 Å². The van der Waals surface area contributed by atoms with Crippen LogP contribution in [0.25, 0.3) is 0 Å². The molecular formula is C35H33NO6. The molecule has 0 aromatic heterocycles. The summed E-state index contributed by atoms with van der Waals surface area (Å²) < 4.78 is 17.5. The van der Waals surface area contributed by atoms with Crippen molar-refractivity contribution in [2.24, 2.45) is 5.41 Å². The van der Waals surface area contributed by atoms with Crippen molar-refractivity contribution in [3.05, 3.63) is 144 Å². The summed E-state index contributed by atoms with van der Waals surface area (Å²) in [7, 11) is 1.23. The van der Waals surface area contributed by atoms with Gasteiger partial charge in [-0.3, -0.25) is 9.59 Å². The first-order valence-electron chi connectivity index (χ1n) is 13.8. The fourth-order valence-corrected chi connectivity index (χ4v) is 5.62. The molecule has 0 radical (unpaired) electrons. The number of amides is 2. The number of rotatable bonds is 9. The third kappa shape index (κ3) is 5.43. The average Bonchev–Trinajstić information content (AvgIpc) is 3.31. The van der Waals surface area contributed by atoms with E-state index in [1.807, 2.05) is 121 Å². The van der Waals surface area contributed by atoms with Gasteiger partial charge in [-0.05, 0) is 35.6 Å². The number of likely N-dealkylation sites (tertiary alicyclic amines) is 1. The predicted octanol–water partition coefficient (Wildman–Crippen LogP) is 6.11. The molecule has 2 atom stereocenters. The van der Waals surface area contributed by atoms with Gasteiger partial charge in [-0.2, -0.15) is 0 Å². The minimum atomic E-state index is -1.57. The van der Waals surface area contributed by atoms with E-state index in [-0.39, 0.29) is 19.6 Å². The lowest BCUT2D eigenvalue weighted by Crippen LogP contribution is -2.45. The minimum Gasteiger partial charge on any atom is -0.468 e. The van der Waals surface area contributed by atoms with E-state index in [9.17, 15) is 14.4 Å². The Morgan fingerprint density at radius 3 is 1.69 bits per heavy atom. The molecule has 0 aliphatic carbocycles. The summed E-state index contributed by atoms with van der Waals surface area (Å²) in [6.07, 6.45) is -0.817. The molecule has 42 heavy (non-hydrogen) atoms. The van der Waals surface area contributed by atoms with E-state index in [1.54, 1.807) is 0 Å². The number of imide groups is 1. The van der Waals surface area contributed by atoms with E-state index in [0.717, 1.165) is 27.2 Å². The lowest BCUT2D eigenvalue weighted by Gasteiger charge is -2.37. The van der Waals surface area contributed by atoms with Crippen LogP contribution in [0.2, 0.25) is 0 Å². The van der Waals surface area contributed by atoms with Gasteiger partial charge in [0, 0.05) is 0 Å². The molecule has 0 spiro atoms. The number of methoxy groups -OCH3 is 1. The average molecular weight is 564 g/mol. The zero-order chi connectivity index (χ0) is 29.6. The van der Waals surface area contributed by atoms with Gasteiger partial charge in [0.25, 0.3) is 0 Å². The van der Waals surface area contributed by atoms with Gasteiger partial charge >= 0.3 is 12.1 Å². The molecule has 4 aromatic carbocycles. The number of esters is 1. The van der Waals surface area contributed by atoms with Crippen LogP contribution in [0.15, 0.2) is 121 Å². The maximum Gasteiger partial charge on any atom is 0.417 e. The first-order valence-corrected chi connectivity index (χ1v) is 13.8. The number of carbonyl (C=O) groups excluding carboxylic acids is 3. The van der Waals surface area contributed by atoms with Crippen LogP contribution >= 0.6 is 0 Å². The van der Waals surface area contributed by atoms with Gasteiger partial charge < -0.3 is 14.2 Å². The van der Waals surface area contributed by atoms with Crippen LogP contribution in [0.5, 0.6) is 0 Å². The van der Waals surface area contributed by atoms with E-state index in [4.69, 9.17) is 14.2 Å². The first kappa shape index (κ1) is 28.8. The van der Waals surface area contributed by atoms with E-state index in [2.05, 4.69) is 0 Å². The number of hydrogen-bond donors (Lipinski definition) is 0.